The topological polar surface area (TPSA) is 29.5 Å². The van der Waals surface area contributed by atoms with E-state index < -0.39 is 17.6 Å². The molecule has 0 unspecified atom stereocenters. The zero-order valence-corrected chi connectivity index (χ0v) is 14.2. The fourth-order valence-electron chi connectivity index (χ4n) is 3.17. The highest BCUT2D eigenvalue weighted by Crippen LogP contribution is 2.31. The summed E-state index contributed by atoms with van der Waals surface area (Å²) in [6.45, 7) is 3.40. The number of rotatable bonds is 5. The number of ether oxygens (including phenoxy) is 1. The number of alkyl halides is 3. The molecule has 1 fully saturated rings. The lowest BCUT2D eigenvalue weighted by Gasteiger charge is -2.31. The fourth-order valence-corrected chi connectivity index (χ4v) is 3.17. The van der Waals surface area contributed by atoms with Crippen LogP contribution in [0.1, 0.15) is 43.7 Å². The molecule has 1 amide bonds. The number of hydrogen-bond acceptors (Lipinski definition) is 2. The number of likely N-dealkylation sites (tertiary alicyclic amines) is 1. The Balaban J connectivity index is 1.79. The molecule has 7 heteroatoms. The molecule has 1 aromatic carbocycles. The largest absolute Gasteiger partial charge is 0.450 e. The Kier molecular flexibility index (Phi) is 6.67. The Morgan fingerprint density at radius 1 is 1.24 bits per heavy atom. The van der Waals surface area contributed by atoms with Crippen LogP contribution in [-0.2, 0) is 17.3 Å². The molecule has 25 heavy (non-hydrogen) atoms. The van der Waals surface area contributed by atoms with Crippen LogP contribution in [0.25, 0.3) is 0 Å². The van der Waals surface area contributed by atoms with E-state index in [1.165, 1.54) is 6.07 Å². The molecule has 0 saturated carbocycles. The predicted octanol–water partition coefficient (Wildman–Crippen LogP) is 5.04. The molecule has 140 valence electrons. The van der Waals surface area contributed by atoms with Gasteiger partial charge in [-0.15, -0.1) is 0 Å². The Morgan fingerprint density at radius 2 is 1.92 bits per heavy atom. The van der Waals surface area contributed by atoms with Crippen molar-refractivity contribution < 1.29 is 27.1 Å². The third-order valence-electron chi connectivity index (χ3n) is 4.50. The second-order valence-electron chi connectivity index (χ2n) is 6.37. The highest BCUT2D eigenvalue weighted by atomic mass is 19.4. The Hall–Kier alpha value is -1.79. The summed E-state index contributed by atoms with van der Waals surface area (Å²) in [5.74, 6) is -0.422. The smallest absolute Gasteiger partial charge is 0.416 e. The minimum Gasteiger partial charge on any atom is -0.450 e. The Labute approximate surface area is 145 Å². The first kappa shape index (κ1) is 19.5. The predicted molar refractivity (Wildman–Crippen MR) is 85.7 cm³/mol. The van der Waals surface area contributed by atoms with Crippen molar-refractivity contribution in [2.45, 2.75) is 45.2 Å². The second-order valence-corrected chi connectivity index (χ2v) is 6.37. The zero-order valence-electron chi connectivity index (χ0n) is 14.2. The van der Waals surface area contributed by atoms with Crippen molar-refractivity contribution in [3.8, 4) is 0 Å². The van der Waals surface area contributed by atoms with Crippen LogP contribution in [0.15, 0.2) is 18.2 Å². The van der Waals surface area contributed by atoms with Gasteiger partial charge in [0.2, 0.25) is 0 Å². The second kappa shape index (κ2) is 8.54. The molecule has 0 atom stereocenters. The summed E-state index contributed by atoms with van der Waals surface area (Å²) in [4.78, 5) is 13.3. The number of hydrogen-bond donors (Lipinski definition) is 0. The van der Waals surface area contributed by atoms with E-state index in [-0.39, 0.29) is 6.09 Å². The molecule has 0 radical (unpaired) electrons. The normalized spacial score (nSPS) is 16.1. The fraction of sp³-hybridized carbons (Fsp3) is 0.611. The highest BCUT2D eigenvalue weighted by molar-refractivity contribution is 5.67. The standard InChI is InChI=1S/C18H23F4NO2/c1-2-25-17(24)23-8-6-13(7-9-23)4-3-5-14-10-15(18(20,21)22)12-16(19)11-14/h10-13H,2-9H2,1H3. The maximum absolute atomic E-state index is 13.4. The van der Waals surface area contributed by atoms with Crippen molar-refractivity contribution in [2.75, 3.05) is 19.7 Å². The molecule has 0 aliphatic carbocycles. The number of carbonyl (C=O) groups excluding carboxylic acids is 1. The summed E-state index contributed by atoms with van der Waals surface area (Å²) in [5.41, 5.74) is -0.568. The summed E-state index contributed by atoms with van der Waals surface area (Å²) < 4.78 is 56.5. The maximum atomic E-state index is 13.4. The molecule has 1 saturated heterocycles. The Bertz CT molecular complexity index is 581. The van der Waals surface area contributed by atoms with Gasteiger partial charge >= 0.3 is 12.3 Å². The van der Waals surface area contributed by atoms with Gasteiger partial charge in [0.25, 0.3) is 0 Å². The molecular formula is C18H23F4NO2. The lowest BCUT2D eigenvalue weighted by atomic mass is 9.90. The van der Waals surface area contributed by atoms with E-state index in [9.17, 15) is 22.4 Å². The van der Waals surface area contributed by atoms with E-state index in [0.29, 0.717) is 50.1 Å². The molecule has 0 aromatic heterocycles. The number of nitrogens with zero attached hydrogens (tertiary/aromatic N) is 1. The minimum absolute atomic E-state index is 0.291. The minimum atomic E-state index is -4.53. The van der Waals surface area contributed by atoms with Crippen LogP contribution < -0.4 is 0 Å². The molecule has 1 heterocycles. The first-order valence-corrected chi connectivity index (χ1v) is 8.58. The number of amides is 1. The first-order valence-electron chi connectivity index (χ1n) is 8.58. The number of benzene rings is 1. The van der Waals surface area contributed by atoms with Crippen molar-refractivity contribution >= 4 is 6.09 Å². The van der Waals surface area contributed by atoms with Gasteiger partial charge in [0, 0.05) is 13.1 Å². The average molecular weight is 361 g/mol. The molecule has 0 spiro atoms. The van der Waals surface area contributed by atoms with E-state index in [0.717, 1.165) is 25.3 Å². The van der Waals surface area contributed by atoms with Crippen LogP contribution in [0, 0.1) is 11.7 Å². The van der Waals surface area contributed by atoms with E-state index in [1.807, 2.05) is 0 Å². The molecule has 0 N–H and O–H groups in total. The molecular weight excluding hydrogens is 338 g/mol. The van der Waals surface area contributed by atoms with E-state index >= 15 is 0 Å². The number of aryl methyl sites for hydroxylation is 1. The summed E-state index contributed by atoms with van der Waals surface area (Å²) in [5, 5.41) is 0. The van der Waals surface area contributed by atoms with Gasteiger partial charge in [0.05, 0.1) is 12.2 Å². The quantitative estimate of drug-likeness (QED) is 0.688. The third kappa shape index (κ3) is 5.90. The Morgan fingerprint density at radius 3 is 2.52 bits per heavy atom. The third-order valence-corrected chi connectivity index (χ3v) is 4.50. The van der Waals surface area contributed by atoms with Gasteiger partial charge in [-0.2, -0.15) is 13.2 Å². The zero-order chi connectivity index (χ0) is 18.4. The van der Waals surface area contributed by atoms with Crippen molar-refractivity contribution in [2.24, 2.45) is 5.92 Å². The van der Waals surface area contributed by atoms with E-state index in [4.69, 9.17) is 4.74 Å². The van der Waals surface area contributed by atoms with Gasteiger partial charge in [-0.1, -0.05) is 0 Å². The first-order chi connectivity index (χ1) is 11.8. The van der Waals surface area contributed by atoms with Crippen molar-refractivity contribution in [3.63, 3.8) is 0 Å². The summed E-state index contributed by atoms with van der Waals surface area (Å²) in [6.07, 6.45) is -1.14. The molecule has 0 bridgehead atoms. The van der Waals surface area contributed by atoms with Crippen LogP contribution in [0.5, 0.6) is 0 Å². The van der Waals surface area contributed by atoms with Crippen molar-refractivity contribution in [1.29, 1.82) is 0 Å². The van der Waals surface area contributed by atoms with Gasteiger partial charge in [-0.25, -0.2) is 9.18 Å². The van der Waals surface area contributed by atoms with Gasteiger partial charge < -0.3 is 9.64 Å². The molecule has 1 aliphatic heterocycles. The number of halogens is 4. The van der Waals surface area contributed by atoms with Crippen LogP contribution in [-0.4, -0.2) is 30.7 Å². The van der Waals surface area contributed by atoms with Crippen LogP contribution in [0.2, 0.25) is 0 Å². The maximum Gasteiger partial charge on any atom is 0.416 e. The summed E-state index contributed by atoms with van der Waals surface area (Å²) in [6, 6.07) is 2.71. The summed E-state index contributed by atoms with van der Waals surface area (Å²) in [7, 11) is 0. The molecule has 1 aromatic rings. The molecule has 1 aliphatic rings. The van der Waals surface area contributed by atoms with Gasteiger partial charge in [-0.3, -0.25) is 0 Å². The van der Waals surface area contributed by atoms with E-state index in [1.54, 1.807) is 11.8 Å². The lowest BCUT2D eigenvalue weighted by Crippen LogP contribution is -2.38. The van der Waals surface area contributed by atoms with Gasteiger partial charge in [0.15, 0.2) is 0 Å². The van der Waals surface area contributed by atoms with Crippen molar-refractivity contribution in [3.05, 3.63) is 35.1 Å². The monoisotopic (exact) mass is 361 g/mol. The average Bonchev–Trinajstić information content (AvgIpc) is 2.54. The molecule has 3 nitrogen and oxygen atoms in total. The van der Waals surface area contributed by atoms with Crippen molar-refractivity contribution in [1.82, 2.24) is 4.90 Å². The lowest BCUT2D eigenvalue weighted by molar-refractivity contribution is -0.137. The highest BCUT2D eigenvalue weighted by Gasteiger charge is 2.31. The molecule has 2 rings (SSSR count). The van der Waals surface area contributed by atoms with Crippen LogP contribution in [0.4, 0.5) is 22.4 Å². The number of carbonyl (C=O) groups is 1. The van der Waals surface area contributed by atoms with Gasteiger partial charge in [-0.05, 0) is 68.7 Å². The van der Waals surface area contributed by atoms with Gasteiger partial charge in [0.1, 0.15) is 5.82 Å². The SMILES string of the molecule is CCOC(=O)N1CCC(CCCc2cc(F)cc(C(F)(F)F)c2)CC1. The van der Waals surface area contributed by atoms with E-state index in [2.05, 4.69) is 0 Å². The van der Waals surface area contributed by atoms with Crippen LogP contribution in [0.3, 0.4) is 0 Å². The summed E-state index contributed by atoms with van der Waals surface area (Å²) >= 11 is 0. The van der Waals surface area contributed by atoms with Crippen LogP contribution >= 0.6 is 0 Å². The number of piperidine rings is 1.